The van der Waals surface area contributed by atoms with Gasteiger partial charge in [0.05, 0.1) is 11.4 Å². The van der Waals surface area contributed by atoms with Crippen molar-refractivity contribution in [2.75, 3.05) is 31.1 Å². The molecule has 9 heteroatoms. The van der Waals surface area contributed by atoms with E-state index >= 15 is 0 Å². The van der Waals surface area contributed by atoms with Gasteiger partial charge < -0.3 is 4.90 Å². The Morgan fingerprint density at radius 2 is 1.79 bits per heavy atom. The van der Waals surface area contributed by atoms with Gasteiger partial charge in [-0.25, -0.2) is 23.1 Å². The number of nitrogens with zero attached hydrogens (tertiary/aromatic N) is 6. The predicted molar refractivity (Wildman–Crippen MR) is 89.6 cm³/mol. The fraction of sp³-hybridized carbons (Fsp3) is 0.533. The number of aromatic nitrogens is 4. The molecule has 0 amide bonds. The van der Waals surface area contributed by atoms with E-state index in [-0.39, 0.29) is 5.25 Å². The normalized spacial score (nSPS) is 19.6. The first-order valence-electron chi connectivity index (χ1n) is 8.11. The Balaban J connectivity index is 1.48. The van der Waals surface area contributed by atoms with Crippen molar-refractivity contribution in [1.82, 2.24) is 24.1 Å². The van der Waals surface area contributed by atoms with Crippen LogP contribution in [0.3, 0.4) is 0 Å². The van der Waals surface area contributed by atoms with Crippen molar-refractivity contribution in [3.05, 3.63) is 30.4 Å². The molecule has 1 aliphatic carbocycles. The van der Waals surface area contributed by atoms with Crippen molar-refractivity contribution < 1.29 is 8.42 Å². The van der Waals surface area contributed by atoms with Gasteiger partial charge >= 0.3 is 0 Å². The Morgan fingerprint density at radius 3 is 2.42 bits per heavy atom. The monoisotopic (exact) mass is 348 g/mol. The first-order chi connectivity index (χ1) is 11.5. The third-order valence-electron chi connectivity index (χ3n) is 4.45. The van der Waals surface area contributed by atoms with Gasteiger partial charge in [-0.15, -0.1) is 0 Å². The molecule has 8 nitrogen and oxygen atoms in total. The summed E-state index contributed by atoms with van der Waals surface area (Å²) < 4.78 is 27.9. The molecule has 2 fully saturated rings. The number of sulfonamides is 1. The van der Waals surface area contributed by atoms with Crippen molar-refractivity contribution in [1.29, 1.82) is 0 Å². The minimum Gasteiger partial charge on any atom is -0.354 e. The van der Waals surface area contributed by atoms with Gasteiger partial charge in [0.25, 0.3) is 0 Å². The standard InChI is InChI=1S/C15H20N6O2S/c1-12-9-18-21(10-12)15-8-14(16-11-17-15)19-4-6-20(7-5-19)24(22,23)13-2-3-13/h8-11,13H,2-7H2,1H3. The molecular formula is C15H20N6O2S. The summed E-state index contributed by atoms with van der Waals surface area (Å²) in [4.78, 5) is 10.7. The van der Waals surface area contributed by atoms with E-state index in [0.29, 0.717) is 32.0 Å². The lowest BCUT2D eigenvalue weighted by Gasteiger charge is -2.34. The van der Waals surface area contributed by atoms with E-state index in [1.165, 1.54) is 6.33 Å². The van der Waals surface area contributed by atoms with Crippen LogP contribution in [0.1, 0.15) is 18.4 Å². The fourth-order valence-electron chi connectivity index (χ4n) is 2.92. The maximum absolute atomic E-state index is 12.3. The van der Waals surface area contributed by atoms with Gasteiger partial charge in [-0.3, -0.25) is 0 Å². The highest BCUT2D eigenvalue weighted by atomic mass is 32.2. The molecule has 4 rings (SSSR count). The van der Waals surface area contributed by atoms with Gasteiger partial charge in [0.2, 0.25) is 10.0 Å². The second kappa shape index (κ2) is 5.82. The highest BCUT2D eigenvalue weighted by molar-refractivity contribution is 7.90. The molecule has 24 heavy (non-hydrogen) atoms. The Bertz CT molecular complexity index is 837. The molecule has 2 aromatic rings. The van der Waals surface area contributed by atoms with E-state index in [0.717, 1.165) is 24.2 Å². The number of rotatable bonds is 4. The van der Waals surface area contributed by atoms with Crippen LogP contribution in [0.4, 0.5) is 5.82 Å². The minimum absolute atomic E-state index is 0.141. The van der Waals surface area contributed by atoms with Crippen LogP contribution in [-0.4, -0.2) is 63.9 Å². The van der Waals surface area contributed by atoms with Crippen LogP contribution in [0.25, 0.3) is 5.82 Å². The van der Waals surface area contributed by atoms with Crippen molar-refractivity contribution in [2.24, 2.45) is 0 Å². The van der Waals surface area contributed by atoms with E-state index in [1.54, 1.807) is 15.2 Å². The summed E-state index contributed by atoms with van der Waals surface area (Å²) in [5.41, 5.74) is 1.06. The summed E-state index contributed by atoms with van der Waals surface area (Å²) in [5.74, 6) is 1.51. The molecule has 0 bridgehead atoms. The fourth-order valence-corrected chi connectivity index (χ4v) is 4.75. The molecule has 128 valence electrons. The Kier molecular flexibility index (Phi) is 3.76. The Morgan fingerprint density at radius 1 is 1.08 bits per heavy atom. The third-order valence-corrected chi connectivity index (χ3v) is 6.85. The van der Waals surface area contributed by atoms with Gasteiger partial charge in [-0.2, -0.15) is 9.40 Å². The van der Waals surface area contributed by atoms with Gasteiger partial charge in [0.1, 0.15) is 12.1 Å². The molecule has 0 atom stereocenters. The summed E-state index contributed by atoms with van der Waals surface area (Å²) in [6, 6.07) is 1.89. The average molecular weight is 348 g/mol. The number of anilines is 1. The quantitative estimate of drug-likeness (QED) is 0.804. The number of piperazine rings is 1. The summed E-state index contributed by atoms with van der Waals surface area (Å²) in [7, 11) is -3.08. The zero-order chi connectivity index (χ0) is 16.7. The largest absolute Gasteiger partial charge is 0.354 e. The zero-order valence-electron chi connectivity index (χ0n) is 13.5. The number of hydrogen-bond donors (Lipinski definition) is 0. The van der Waals surface area contributed by atoms with Gasteiger partial charge in [0, 0.05) is 38.4 Å². The van der Waals surface area contributed by atoms with Crippen molar-refractivity contribution >= 4 is 15.8 Å². The molecule has 0 radical (unpaired) electrons. The second-order valence-electron chi connectivity index (χ2n) is 6.33. The molecule has 0 spiro atoms. The summed E-state index contributed by atoms with van der Waals surface area (Å²) in [6.45, 7) is 4.28. The van der Waals surface area contributed by atoms with Crippen LogP contribution < -0.4 is 4.90 Å². The van der Waals surface area contributed by atoms with E-state index in [9.17, 15) is 8.42 Å². The maximum Gasteiger partial charge on any atom is 0.217 e. The third kappa shape index (κ3) is 2.89. The molecule has 2 aliphatic rings. The van der Waals surface area contributed by atoms with Gasteiger partial charge in [-0.1, -0.05) is 0 Å². The minimum atomic E-state index is -3.08. The zero-order valence-corrected chi connectivity index (χ0v) is 14.4. The first-order valence-corrected chi connectivity index (χ1v) is 9.62. The highest BCUT2D eigenvalue weighted by Gasteiger charge is 2.41. The van der Waals surface area contributed by atoms with E-state index in [4.69, 9.17) is 0 Å². The Labute approximate surface area is 141 Å². The lowest BCUT2D eigenvalue weighted by Crippen LogP contribution is -2.49. The topological polar surface area (TPSA) is 84.2 Å². The van der Waals surface area contributed by atoms with Crippen molar-refractivity contribution in [3.8, 4) is 5.82 Å². The highest BCUT2D eigenvalue weighted by Crippen LogP contribution is 2.31. The maximum atomic E-state index is 12.3. The van der Waals surface area contributed by atoms with Crippen molar-refractivity contribution in [2.45, 2.75) is 25.0 Å². The molecule has 1 aliphatic heterocycles. The molecule has 0 unspecified atom stereocenters. The average Bonchev–Trinajstić information content (AvgIpc) is 3.38. The number of aryl methyl sites for hydroxylation is 1. The number of hydrogen-bond acceptors (Lipinski definition) is 6. The molecule has 1 saturated heterocycles. The predicted octanol–water partition coefficient (Wildman–Crippen LogP) is 0.585. The van der Waals surface area contributed by atoms with E-state index in [2.05, 4.69) is 20.0 Å². The van der Waals surface area contributed by atoms with Gasteiger partial charge in [0.15, 0.2) is 5.82 Å². The molecule has 0 aromatic carbocycles. The summed E-state index contributed by atoms with van der Waals surface area (Å²) in [6.07, 6.45) is 6.83. The first kappa shape index (κ1) is 15.5. The van der Waals surface area contributed by atoms with E-state index in [1.807, 2.05) is 19.2 Å². The van der Waals surface area contributed by atoms with Crippen LogP contribution in [0, 0.1) is 6.92 Å². The molecule has 1 saturated carbocycles. The second-order valence-corrected chi connectivity index (χ2v) is 8.54. The SMILES string of the molecule is Cc1cnn(-c2cc(N3CCN(S(=O)(=O)C4CC4)CC3)ncn2)c1. The molecule has 3 heterocycles. The van der Waals surface area contributed by atoms with Crippen LogP contribution in [0.2, 0.25) is 0 Å². The van der Waals surface area contributed by atoms with Gasteiger partial charge in [-0.05, 0) is 25.3 Å². The lowest BCUT2D eigenvalue weighted by molar-refractivity contribution is 0.383. The van der Waals surface area contributed by atoms with Crippen molar-refractivity contribution in [3.63, 3.8) is 0 Å². The summed E-state index contributed by atoms with van der Waals surface area (Å²) in [5, 5.41) is 4.12. The summed E-state index contributed by atoms with van der Waals surface area (Å²) >= 11 is 0. The Hall–Kier alpha value is -2.00. The lowest BCUT2D eigenvalue weighted by atomic mass is 10.3. The van der Waals surface area contributed by atoms with E-state index < -0.39 is 10.0 Å². The van der Waals surface area contributed by atoms with Crippen LogP contribution >= 0.6 is 0 Å². The van der Waals surface area contributed by atoms with Crippen LogP contribution in [0.15, 0.2) is 24.8 Å². The molecular weight excluding hydrogens is 328 g/mol. The van der Waals surface area contributed by atoms with Crippen LogP contribution in [0.5, 0.6) is 0 Å². The molecule has 0 N–H and O–H groups in total. The van der Waals surface area contributed by atoms with Crippen LogP contribution in [-0.2, 0) is 10.0 Å². The molecule has 2 aromatic heterocycles. The smallest absolute Gasteiger partial charge is 0.217 e.